The minimum Gasteiger partial charge on any atom is -0.481 e. The normalized spacial score (nSPS) is 10.8. The number of carboxylic acid groups (broad SMARTS) is 1. The third-order valence-corrected chi connectivity index (χ3v) is 2.41. The van der Waals surface area contributed by atoms with Gasteiger partial charge >= 0.3 is 11.7 Å². The van der Waals surface area contributed by atoms with E-state index in [9.17, 15) is 9.59 Å². The minimum absolute atomic E-state index is 0.0861. The first-order valence-corrected chi connectivity index (χ1v) is 4.96. The second kappa shape index (κ2) is 4.02. The van der Waals surface area contributed by atoms with Crippen LogP contribution in [0.5, 0.6) is 0 Å². The molecular weight excluding hydrogens is 234 g/mol. The quantitative estimate of drug-likeness (QED) is 0.888. The molecule has 1 aromatic carbocycles. The molecule has 0 aliphatic carbocycles. The summed E-state index contributed by atoms with van der Waals surface area (Å²) in [6, 6.07) is 4.77. The molecule has 0 saturated carbocycles. The first kappa shape index (κ1) is 10.8. The van der Waals surface area contributed by atoms with E-state index in [2.05, 4.69) is 0 Å². The summed E-state index contributed by atoms with van der Waals surface area (Å²) in [6.45, 7) is 0.0861. The van der Waals surface area contributed by atoms with Crippen LogP contribution in [0.4, 0.5) is 0 Å². The van der Waals surface area contributed by atoms with E-state index in [1.165, 1.54) is 10.6 Å². The average molecular weight is 242 g/mol. The average Bonchev–Trinajstić information content (AvgIpc) is 2.50. The molecule has 84 valence electrons. The number of hydrogen-bond donors (Lipinski definition) is 1. The molecule has 2 rings (SSSR count). The largest absolute Gasteiger partial charge is 0.481 e. The van der Waals surface area contributed by atoms with E-state index in [-0.39, 0.29) is 13.0 Å². The van der Waals surface area contributed by atoms with Crippen LogP contribution in [-0.2, 0) is 11.3 Å². The molecule has 0 bridgehead atoms. The Hall–Kier alpha value is -1.75. The molecule has 0 spiro atoms. The molecule has 0 unspecified atom stereocenters. The monoisotopic (exact) mass is 241 g/mol. The zero-order chi connectivity index (χ0) is 11.7. The number of oxazole rings is 1. The molecule has 0 amide bonds. The Morgan fingerprint density at radius 3 is 2.94 bits per heavy atom. The third kappa shape index (κ3) is 1.94. The number of halogens is 1. The zero-order valence-corrected chi connectivity index (χ0v) is 8.90. The maximum atomic E-state index is 11.4. The van der Waals surface area contributed by atoms with Crippen molar-refractivity contribution in [1.29, 1.82) is 0 Å². The van der Waals surface area contributed by atoms with Gasteiger partial charge < -0.3 is 9.52 Å². The summed E-state index contributed by atoms with van der Waals surface area (Å²) in [5.41, 5.74) is 0.915. The Bertz CT molecular complexity index is 598. The van der Waals surface area contributed by atoms with E-state index in [0.29, 0.717) is 16.1 Å². The van der Waals surface area contributed by atoms with Crippen LogP contribution < -0.4 is 5.76 Å². The highest BCUT2D eigenvalue weighted by Gasteiger charge is 2.10. The highest BCUT2D eigenvalue weighted by atomic mass is 35.5. The molecule has 1 heterocycles. The number of aromatic nitrogens is 1. The van der Waals surface area contributed by atoms with Gasteiger partial charge in [0.25, 0.3) is 0 Å². The Morgan fingerprint density at radius 1 is 1.50 bits per heavy atom. The number of carbonyl (C=O) groups is 1. The van der Waals surface area contributed by atoms with Crippen molar-refractivity contribution in [2.24, 2.45) is 0 Å². The number of aryl methyl sites for hydroxylation is 1. The van der Waals surface area contributed by atoms with Gasteiger partial charge in [-0.2, -0.15) is 0 Å². The zero-order valence-electron chi connectivity index (χ0n) is 8.14. The first-order valence-electron chi connectivity index (χ1n) is 4.58. The molecular formula is C10H8ClNO4. The molecule has 0 atom stereocenters. The maximum absolute atomic E-state index is 11.4. The van der Waals surface area contributed by atoms with E-state index in [1.807, 2.05) is 0 Å². The molecule has 1 N–H and O–H groups in total. The SMILES string of the molecule is O=C(O)CCn1c(=O)oc2cc(Cl)ccc21. The standard InChI is InChI=1S/C10H8ClNO4/c11-6-1-2-7-8(5-6)16-10(15)12(7)4-3-9(13)14/h1-2,5H,3-4H2,(H,13,14). The van der Waals surface area contributed by atoms with Gasteiger partial charge in [-0.3, -0.25) is 9.36 Å². The lowest BCUT2D eigenvalue weighted by atomic mass is 10.3. The van der Waals surface area contributed by atoms with Crippen LogP contribution in [0.15, 0.2) is 27.4 Å². The summed E-state index contributed by atoms with van der Waals surface area (Å²) in [5, 5.41) is 9.02. The van der Waals surface area contributed by atoms with E-state index >= 15 is 0 Å². The fourth-order valence-corrected chi connectivity index (χ4v) is 1.62. The van der Waals surface area contributed by atoms with Crippen LogP contribution in [0.2, 0.25) is 5.02 Å². The molecule has 0 fully saturated rings. The number of carboxylic acids is 1. The number of nitrogens with zero attached hydrogens (tertiary/aromatic N) is 1. The number of benzene rings is 1. The van der Waals surface area contributed by atoms with Crippen molar-refractivity contribution in [1.82, 2.24) is 4.57 Å². The number of fused-ring (bicyclic) bond motifs is 1. The molecule has 16 heavy (non-hydrogen) atoms. The van der Waals surface area contributed by atoms with Gasteiger partial charge in [0, 0.05) is 17.6 Å². The Kier molecular flexibility index (Phi) is 2.70. The summed E-state index contributed by atoms with van der Waals surface area (Å²) in [7, 11) is 0. The predicted octanol–water partition coefficient (Wildman–Crippen LogP) is 1.72. The van der Waals surface area contributed by atoms with Gasteiger partial charge in [-0.25, -0.2) is 4.79 Å². The lowest BCUT2D eigenvalue weighted by molar-refractivity contribution is -0.137. The summed E-state index contributed by atoms with van der Waals surface area (Å²) in [4.78, 5) is 21.9. The predicted molar refractivity (Wildman–Crippen MR) is 57.7 cm³/mol. The van der Waals surface area contributed by atoms with Gasteiger partial charge in [0.05, 0.1) is 11.9 Å². The molecule has 0 radical (unpaired) electrons. The Morgan fingerprint density at radius 2 is 2.25 bits per heavy atom. The first-order chi connectivity index (χ1) is 7.58. The van der Waals surface area contributed by atoms with Gasteiger partial charge in [-0.1, -0.05) is 11.6 Å². The van der Waals surface area contributed by atoms with Crippen molar-refractivity contribution < 1.29 is 14.3 Å². The van der Waals surface area contributed by atoms with E-state index < -0.39 is 11.7 Å². The topological polar surface area (TPSA) is 72.4 Å². The van der Waals surface area contributed by atoms with Crippen LogP contribution in [0.25, 0.3) is 11.1 Å². The van der Waals surface area contributed by atoms with Crippen molar-refractivity contribution in [2.45, 2.75) is 13.0 Å². The third-order valence-electron chi connectivity index (χ3n) is 2.18. The number of rotatable bonds is 3. The van der Waals surface area contributed by atoms with Crippen molar-refractivity contribution in [3.63, 3.8) is 0 Å². The van der Waals surface area contributed by atoms with Crippen LogP contribution in [0, 0.1) is 0 Å². The van der Waals surface area contributed by atoms with Crippen LogP contribution in [-0.4, -0.2) is 15.6 Å². The van der Waals surface area contributed by atoms with E-state index in [1.54, 1.807) is 12.1 Å². The van der Waals surface area contributed by atoms with Gasteiger partial charge in [0.15, 0.2) is 5.58 Å². The molecule has 2 aromatic rings. The lowest BCUT2D eigenvalue weighted by Gasteiger charge is -1.98. The second-order valence-electron chi connectivity index (χ2n) is 3.28. The van der Waals surface area contributed by atoms with Crippen molar-refractivity contribution in [3.05, 3.63) is 33.8 Å². The molecule has 0 aliphatic heterocycles. The molecule has 0 saturated heterocycles. The Labute approximate surface area is 94.9 Å². The van der Waals surface area contributed by atoms with Gasteiger partial charge in [-0.05, 0) is 12.1 Å². The summed E-state index contributed by atoms with van der Waals surface area (Å²) < 4.78 is 6.22. The van der Waals surface area contributed by atoms with Crippen LogP contribution >= 0.6 is 11.6 Å². The van der Waals surface area contributed by atoms with Crippen molar-refractivity contribution in [3.8, 4) is 0 Å². The molecule has 5 nitrogen and oxygen atoms in total. The lowest BCUT2D eigenvalue weighted by Crippen LogP contribution is -2.16. The second-order valence-corrected chi connectivity index (χ2v) is 3.71. The molecule has 1 aromatic heterocycles. The van der Waals surface area contributed by atoms with Crippen molar-refractivity contribution >= 4 is 28.7 Å². The number of aliphatic carboxylic acids is 1. The summed E-state index contributed by atoms with van der Waals surface area (Å²) in [6.07, 6.45) is -0.128. The highest BCUT2D eigenvalue weighted by molar-refractivity contribution is 6.31. The molecule has 0 aliphatic rings. The van der Waals surface area contributed by atoms with Crippen molar-refractivity contribution in [2.75, 3.05) is 0 Å². The smallest absolute Gasteiger partial charge is 0.419 e. The van der Waals surface area contributed by atoms with Crippen LogP contribution in [0.1, 0.15) is 6.42 Å². The fraction of sp³-hybridized carbons (Fsp3) is 0.200. The molecule has 6 heteroatoms. The van der Waals surface area contributed by atoms with Gasteiger partial charge in [0.2, 0.25) is 0 Å². The highest BCUT2D eigenvalue weighted by Crippen LogP contribution is 2.18. The summed E-state index contributed by atoms with van der Waals surface area (Å²) >= 11 is 5.74. The minimum atomic E-state index is -0.963. The van der Waals surface area contributed by atoms with Gasteiger partial charge in [0.1, 0.15) is 0 Å². The number of hydrogen-bond acceptors (Lipinski definition) is 3. The van der Waals surface area contributed by atoms with E-state index in [4.69, 9.17) is 21.1 Å². The van der Waals surface area contributed by atoms with Gasteiger partial charge in [-0.15, -0.1) is 0 Å². The maximum Gasteiger partial charge on any atom is 0.419 e. The van der Waals surface area contributed by atoms with Crippen LogP contribution in [0.3, 0.4) is 0 Å². The van der Waals surface area contributed by atoms with E-state index in [0.717, 1.165) is 0 Å². The fourth-order valence-electron chi connectivity index (χ4n) is 1.46. The Balaban J connectivity index is 2.48. The summed E-state index contributed by atoms with van der Waals surface area (Å²) in [5.74, 6) is -1.53.